The summed E-state index contributed by atoms with van der Waals surface area (Å²) in [6, 6.07) is 10.3. The van der Waals surface area contributed by atoms with Crippen LogP contribution in [0.25, 0.3) is 16.6 Å². The molecule has 0 atom stereocenters. The van der Waals surface area contributed by atoms with Crippen molar-refractivity contribution in [2.45, 2.75) is 0 Å². The molecule has 0 N–H and O–H groups in total. The molecule has 3 aromatic rings. The van der Waals surface area contributed by atoms with Gasteiger partial charge in [-0.1, -0.05) is 12.1 Å². The fourth-order valence-electron chi connectivity index (χ4n) is 2.86. The summed E-state index contributed by atoms with van der Waals surface area (Å²) in [5.74, 6) is -0.721. The van der Waals surface area contributed by atoms with Crippen molar-refractivity contribution >= 4 is 17.0 Å². The van der Waals surface area contributed by atoms with Gasteiger partial charge in [0.05, 0.1) is 24.0 Å². The highest BCUT2D eigenvalue weighted by Crippen LogP contribution is 2.29. The number of amides is 1. The third-order valence-electron chi connectivity index (χ3n) is 4.13. The highest BCUT2D eigenvalue weighted by Gasteiger charge is 2.22. The van der Waals surface area contributed by atoms with Gasteiger partial charge in [0.2, 0.25) is 5.88 Å². The van der Waals surface area contributed by atoms with Crippen LogP contribution < -0.4 is 4.74 Å². The molecule has 6 nitrogen and oxygen atoms in total. The van der Waals surface area contributed by atoms with Crippen LogP contribution in [0.2, 0.25) is 0 Å². The van der Waals surface area contributed by atoms with Crippen molar-refractivity contribution in [3.8, 4) is 11.6 Å². The molecule has 0 bridgehead atoms. The number of hydrogen-bond acceptors (Lipinski definition) is 4. The summed E-state index contributed by atoms with van der Waals surface area (Å²) < 4.78 is 39.7. The summed E-state index contributed by atoms with van der Waals surface area (Å²) >= 11 is 0. The molecule has 2 heterocycles. The van der Waals surface area contributed by atoms with Crippen molar-refractivity contribution in [2.24, 2.45) is 0 Å². The van der Waals surface area contributed by atoms with Gasteiger partial charge in [-0.15, -0.1) is 5.10 Å². The molecule has 1 amide bonds. The summed E-state index contributed by atoms with van der Waals surface area (Å²) in [6.07, 6.45) is -0.388. The number of carbonyl (C=O) groups is 1. The molecule has 4 rings (SSSR count). The number of halogens is 2. The number of carbonyl (C=O) groups excluding carboxylic acids is 1. The van der Waals surface area contributed by atoms with Crippen LogP contribution in [0.1, 0.15) is 0 Å². The predicted octanol–water partition coefficient (Wildman–Crippen LogP) is 3.13. The van der Waals surface area contributed by atoms with Crippen LogP contribution >= 0.6 is 0 Å². The van der Waals surface area contributed by atoms with Gasteiger partial charge in [0.15, 0.2) is 0 Å². The van der Waals surface area contributed by atoms with Gasteiger partial charge < -0.3 is 14.4 Å². The Balaban J connectivity index is 1.65. The van der Waals surface area contributed by atoms with Crippen LogP contribution in [-0.4, -0.2) is 47.1 Å². The molecular weight excluding hydrogens is 344 g/mol. The van der Waals surface area contributed by atoms with Gasteiger partial charge in [0.25, 0.3) is 0 Å². The first-order chi connectivity index (χ1) is 12.6. The zero-order valence-corrected chi connectivity index (χ0v) is 13.7. The molecule has 1 fully saturated rings. The Morgan fingerprint density at radius 2 is 2.04 bits per heavy atom. The standard InChI is InChI=1S/C18H15F2N3O3/c19-12-5-6-15-13(11-12)17(25-9-7-22-8-10-26-18(22)24)21-23(15)16-4-2-1-3-14(16)20/h1-6,11H,7-10H2. The molecule has 0 spiro atoms. The van der Waals surface area contributed by atoms with Crippen LogP contribution in [0, 0.1) is 11.6 Å². The van der Waals surface area contributed by atoms with E-state index in [1.807, 2.05) is 0 Å². The Bertz CT molecular complexity index is 973. The van der Waals surface area contributed by atoms with E-state index >= 15 is 0 Å². The second-order valence-electron chi connectivity index (χ2n) is 5.78. The third-order valence-corrected chi connectivity index (χ3v) is 4.13. The topological polar surface area (TPSA) is 56.6 Å². The van der Waals surface area contributed by atoms with Crippen molar-refractivity contribution in [1.82, 2.24) is 14.7 Å². The highest BCUT2D eigenvalue weighted by molar-refractivity contribution is 5.86. The number of ether oxygens (including phenoxy) is 2. The molecule has 1 aliphatic heterocycles. The lowest BCUT2D eigenvalue weighted by molar-refractivity contribution is 0.152. The molecule has 8 heteroatoms. The zero-order valence-electron chi connectivity index (χ0n) is 13.7. The molecule has 0 unspecified atom stereocenters. The summed E-state index contributed by atoms with van der Waals surface area (Å²) in [4.78, 5) is 12.9. The Hall–Kier alpha value is -3.16. The molecule has 0 saturated carbocycles. The minimum atomic E-state index is -0.451. The SMILES string of the molecule is O=C1OCCN1CCOc1nn(-c2ccccc2F)c2ccc(F)cc12. The summed E-state index contributed by atoms with van der Waals surface area (Å²) in [6.45, 7) is 1.34. The minimum Gasteiger partial charge on any atom is -0.474 e. The lowest BCUT2D eigenvalue weighted by atomic mass is 10.2. The number of hydrogen-bond donors (Lipinski definition) is 0. The van der Waals surface area contributed by atoms with E-state index < -0.39 is 11.6 Å². The van der Waals surface area contributed by atoms with Gasteiger partial charge in [-0.2, -0.15) is 0 Å². The first-order valence-corrected chi connectivity index (χ1v) is 8.11. The van der Waals surface area contributed by atoms with Gasteiger partial charge in [-0.25, -0.2) is 18.3 Å². The number of rotatable bonds is 5. The Kier molecular flexibility index (Phi) is 4.16. The number of aromatic nitrogens is 2. The predicted molar refractivity (Wildman–Crippen MR) is 89.4 cm³/mol. The maximum absolute atomic E-state index is 14.2. The van der Waals surface area contributed by atoms with E-state index in [0.717, 1.165) is 0 Å². The van der Waals surface area contributed by atoms with E-state index in [2.05, 4.69) is 5.10 Å². The van der Waals surface area contributed by atoms with Gasteiger partial charge in [-0.05, 0) is 30.3 Å². The quantitative estimate of drug-likeness (QED) is 0.702. The lowest BCUT2D eigenvalue weighted by Gasteiger charge is -2.12. The number of nitrogens with zero attached hydrogens (tertiary/aromatic N) is 3. The van der Waals surface area contributed by atoms with Crippen molar-refractivity contribution in [3.05, 3.63) is 54.1 Å². The largest absolute Gasteiger partial charge is 0.474 e. The molecule has 2 aromatic carbocycles. The van der Waals surface area contributed by atoms with E-state index in [1.54, 1.807) is 18.2 Å². The normalized spacial score (nSPS) is 14.1. The summed E-state index contributed by atoms with van der Waals surface area (Å²) in [5.41, 5.74) is 0.758. The number of para-hydroxylation sites is 1. The summed E-state index contributed by atoms with van der Waals surface area (Å²) in [5, 5.41) is 4.73. The van der Waals surface area contributed by atoms with E-state index in [9.17, 15) is 13.6 Å². The molecule has 26 heavy (non-hydrogen) atoms. The van der Waals surface area contributed by atoms with Crippen LogP contribution in [-0.2, 0) is 4.74 Å². The third kappa shape index (κ3) is 2.94. The van der Waals surface area contributed by atoms with Gasteiger partial charge >= 0.3 is 6.09 Å². The van der Waals surface area contributed by atoms with E-state index in [1.165, 1.54) is 33.8 Å². The second-order valence-corrected chi connectivity index (χ2v) is 5.78. The molecule has 1 aromatic heterocycles. The van der Waals surface area contributed by atoms with Crippen LogP contribution in [0.5, 0.6) is 5.88 Å². The highest BCUT2D eigenvalue weighted by atomic mass is 19.1. The van der Waals surface area contributed by atoms with Crippen LogP contribution in [0.15, 0.2) is 42.5 Å². The van der Waals surface area contributed by atoms with Gasteiger partial charge in [0.1, 0.15) is 30.5 Å². The Morgan fingerprint density at radius 3 is 2.81 bits per heavy atom. The maximum Gasteiger partial charge on any atom is 0.410 e. The average Bonchev–Trinajstić information content (AvgIpc) is 3.19. The monoisotopic (exact) mass is 359 g/mol. The van der Waals surface area contributed by atoms with Crippen LogP contribution in [0.3, 0.4) is 0 Å². The number of fused-ring (bicyclic) bond motifs is 1. The Labute approximate surface area is 147 Å². The number of benzene rings is 2. The van der Waals surface area contributed by atoms with E-state index in [4.69, 9.17) is 9.47 Å². The lowest BCUT2D eigenvalue weighted by Crippen LogP contribution is -2.29. The van der Waals surface area contributed by atoms with E-state index in [0.29, 0.717) is 30.6 Å². The van der Waals surface area contributed by atoms with Crippen molar-refractivity contribution in [3.63, 3.8) is 0 Å². The van der Waals surface area contributed by atoms with Gasteiger partial charge in [0, 0.05) is 0 Å². The summed E-state index contributed by atoms with van der Waals surface area (Å²) in [7, 11) is 0. The minimum absolute atomic E-state index is 0.162. The van der Waals surface area contributed by atoms with Crippen molar-refractivity contribution in [1.29, 1.82) is 0 Å². The maximum atomic E-state index is 14.2. The first kappa shape index (κ1) is 16.3. The Morgan fingerprint density at radius 1 is 1.19 bits per heavy atom. The van der Waals surface area contributed by atoms with Gasteiger partial charge in [-0.3, -0.25) is 0 Å². The fourth-order valence-corrected chi connectivity index (χ4v) is 2.86. The molecule has 1 aliphatic rings. The molecule has 134 valence electrons. The fraction of sp³-hybridized carbons (Fsp3) is 0.222. The molecule has 0 aliphatic carbocycles. The molecule has 0 radical (unpaired) electrons. The first-order valence-electron chi connectivity index (χ1n) is 8.11. The smallest absolute Gasteiger partial charge is 0.410 e. The molecular formula is C18H15F2N3O3. The zero-order chi connectivity index (χ0) is 18.1. The second kappa shape index (κ2) is 6.62. The molecule has 1 saturated heterocycles. The van der Waals surface area contributed by atoms with Crippen LogP contribution in [0.4, 0.5) is 13.6 Å². The van der Waals surface area contributed by atoms with Crippen molar-refractivity contribution in [2.75, 3.05) is 26.3 Å². The average molecular weight is 359 g/mol. The number of cyclic esters (lactones) is 1. The van der Waals surface area contributed by atoms with Crippen molar-refractivity contribution < 1.29 is 23.0 Å². The van der Waals surface area contributed by atoms with E-state index in [-0.39, 0.29) is 24.3 Å².